The molecule has 0 aromatic heterocycles. The number of aliphatic hydroxyl groups is 1. The number of hydrogen-bond acceptors (Lipinski definition) is 3. The van der Waals surface area contributed by atoms with Crippen molar-refractivity contribution < 1.29 is 9.84 Å². The SMILES string of the molecule is C=C[C@](O)(COC)[C@@H]1Cc2ccccc2N1. The lowest BCUT2D eigenvalue weighted by Gasteiger charge is -2.30. The summed E-state index contributed by atoms with van der Waals surface area (Å²) in [4.78, 5) is 0. The van der Waals surface area contributed by atoms with Gasteiger partial charge in [0.15, 0.2) is 0 Å². The van der Waals surface area contributed by atoms with Crippen LogP contribution in [0.1, 0.15) is 5.56 Å². The van der Waals surface area contributed by atoms with E-state index in [2.05, 4.69) is 18.0 Å². The minimum Gasteiger partial charge on any atom is -0.381 e. The van der Waals surface area contributed by atoms with E-state index in [0.717, 1.165) is 12.1 Å². The molecule has 2 N–H and O–H groups in total. The van der Waals surface area contributed by atoms with Gasteiger partial charge in [-0.1, -0.05) is 24.3 Å². The zero-order valence-electron chi connectivity index (χ0n) is 9.44. The van der Waals surface area contributed by atoms with Gasteiger partial charge in [0, 0.05) is 12.8 Å². The van der Waals surface area contributed by atoms with Crippen molar-refractivity contribution in [3.8, 4) is 0 Å². The molecule has 1 aliphatic heterocycles. The summed E-state index contributed by atoms with van der Waals surface area (Å²) in [5.41, 5.74) is 1.29. The lowest BCUT2D eigenvalue weighted by Crippen LogP contribution is -2.47. The first-order valence-electron chi connectivity index (χ1n) is 5.39. The van der Waals surface area contributed by atoms with Crippen molar-refractivity contribution in [3.63, 3.8) is 0 Å². The standard InChI is InChI=1S/C13H17NO2/c1-3-13(15,9-16-2)12-8-10-6-4-5-7-11(10)14-12/h3-7,12,14-15H,1,8-9H2,2H3/t12-,13-/m0/s1. The fraction of sp³-hybridized carbons (Fsp3) is 0.385. The van der Waals surface area contributed by atoms with Gasteiger partial charge in [0.2, 0.25) is 0 Å². The molecule has 1 heterocycles. The Morgan fingerprint density at radius 3 is 3.00 bits per heavy atom. The molecule has 0 amide bonds. The highest BCUT2D eigenvalue weighted by molar-refractivity contribution is 5.57. The Morgan fingerprint density at radius 1 is 1.62 bits per heavy atom. The molecule has 3 nitrogen and oxygen atoms in total. The van der Waals surface area contributed by atoms with Gasteiger partial charge in [0.25, 0.3) is 0 Å². The fourth-order valence-electron chi connectivity index (χ4n) is 2.13. The number of hydrogen-bond donors (Lipinski definition) is 2. The summed E-state index contributed by atoms with van der Waals surface area (Å²) in [7, 11) is 1.58. The van der Waals surface area contributed by atoms with Crippen molar-refractivity contribution >= 4 is 5.69 Å². The predicted octanol–water partition coefficient (Wildman–Crippen LogP) is 1.59. The third-order valence-electron chi connectivity index (χ3n) is 3.10. The number of fused-ring (bicyclic) bond motifs is 1. The molecule has 2 rings (SSSR count). The molecule has 2 atom stereocenters. The molecule has 0 aliphatic carbocycles. The van der Waals surface area contributed by atoms with Crippen molar-refractivity contribution in [1.29, 1.82) is 0 Å². The van der Waals surface area contributed by atoms with Gasteiger partial charge in [-0.3, -0.25) is 0 Å². The van der Waals surface area contributed by atoms with Crippen LogP contribution < -0.4 is 5.32 Å². The van der Waals surface area contributed by atoms with Gasteiger partial charge in [0.1, 0.15) is 5.60 Å². The Balaban J connectivity index is 2.18. The highest BCUT2D eigenvalue weighted by Crippen LogP contribution is 2.31. The van der Waals surface area contributed by atoms with E-state index in [0.29, 0.717) is 0 Å². The molecular formula is C13H17NO2. The lowest BCUT2D eigenvalue weighted by atomic mass is 9.92. The Labute approximate surface area is 95.7 Å². The van der Waals surface area contributed by atoms with Gasteiger partial charge in [0.05, 0.1) is 12.6 Å². The number of anilines is 1. The van der Waals surface area contributed by atoms with E-state index in [1.807, 2.05) is 18.2 Å². The second-order valence-corrected chi connectivity index (χ2v) is 4.19. The fourth-order valence-corrected chi connectivity index (χ4v) is 2.13. The van der Waals surface area contributed by atoms with Crippen LogP contribution in [0.25, 0.3) is 0 Å². The number of methoxy groups -OCH3 is 1. The first-order valence-corrected chi connectivity index (χ1v) is 5.39. The molecule has 0 radical (unpaired) electrons. The van der Waals surface area contributed by atoms with E-state index < -0.39 is 5.60 Å². The van der Waals surface area contributed by atoms with Gasteiger partial charge in [-0.15, -0.1) is 6.58 Å². The van der Waals surface area contributed by atoms with Crippen LogP contribution in [0.3, 0.4) is 0 Å². The van der Waals surface area contributed by atoms with Gasteiger partial charge < -0.3 is 15.2 Å². The van der Waals surface area contributed by atoms with E-state index in [-0.39, 0.29) is 12.6 Å². The maximum absolute atomic E-state index is 10.4. The van der Waals surface area contributed by atoms with Crippen LogP contribution in [-0.2, 0) is 11.2 Å². The van der Waals surface area contributed by atoms with Crippen LogP contribution in [-0.4, -0.2) is 30.5 Å². The third kappa shape index (κ3) is 1.84. The number of nitrogens with one attached hydrogen (secondary N) is 1. The molecule has 16 heavy (non-hydrogen) atoms. The van der Waals surface area contributed by atoms with Crippen LogP contribution >= 0.6 is 0 Å². The van der Waals surface area contributed by atoms with E-state index >= 15 is 0 Å². The zero-order valence-corrected chi connectivity index (χ0v) is 9.44. The smallest absolute Gasteiger partial charge is 0.126 e. The van der Waals surface area contributed by atoms with Crippen molar-refractivity contribution in [3.05, 3.63) is 42.5 Å². The van der Waals surface area contributed by atoms with Crippen molar-refractivity contribution in [2.45, 2.75) is 18.1 Å². The lowest BCUT2D eigenvalue weighted by molar-refractivity contribution is -0.00571. The minimum atomic E-state index is -1.02. The maximum Gasteiger partial charge on any atom is 0.126 e. The number of para-hydroxylation sites is 1. The zero-order chi connectivity index (χ0) is 11.6. The van der Waals surface area contributed by atoms with Crippen molar-refractivity contribution in [1.82, 2.24) is 0 Å². The van der Waals surface area contributed by atoms with Crippen LogP contribution in [0.2, 0.25) is 0 Å². The maximum atomic E-state index is 10.4. The third-order valence-corrected chi connectivity index (χ3v) is 3.10. The Kier molecular flexibility index (Phi) is 2.99. The van der Waals surface area contributed by atoms with Gasteiger partial charge in [-0.25, -0.2) is 0 Å². The number of ether oxygens (including phenoxy) is 1. The molecule has 1 aliphatic rings. The molecule has 3 heteroatoms. The summed E-state index contributed by atoms with van der Waals surface area (Å²) in [6, 6.07) is 8.01. The molecule has 0 bridgehead atoms. The second kappa shape index (κ2) is 4.28. The average Bonchev–Trinajstić information content (AvgIpc) is 2.73. The van der Waals surface area contributed by atoms with Crippen LogP contribution in [0.4, 0.5) is 5.69 Å². The first kappa shape index (κ1) is 11.2. The Morgan fingerprint density at radius 2 is 2.38 bits per heavy atom. The van der Waals surface area contributed by atoms with Crippen LogP contribution in [0, 0.1) is 0 Å². The molecule has 86 valence electrons. The quantitative estimate of drug-likeness (QED) is 0.756. The molecule has 0 saturated carbocycles. The number of benzene rings is 1. The molecule has 1 aromatic carbocycles. The second-order valence-electron chi connectivity index (χ2n) is 4.19. The van der Waals surface area contributed by atoms with E-state index in [4.69, 9.17) is 4.74 Å². The van der Waals surface area contributed by atoms with Crippen molar-refractivity contribution in [2.75, 3.05) is 19.0 Å². The summed E-state index contributed by atoms with van der Waals surface area (Å²) in [5, 5.41) is 13.7. The molecular weight excluding hydrogens is 202 g/mol. The van der Waals surface area contributed by atoms with Crippen LogP contribution in [0.15, 0.2) is 36.9 Å². The van der Waals surface area contributed by atoms with Crippen LogP contribution in [0.5, 0.6) is 0 Å². The molecule has 0 unspecified atom stereocenters. The summed E-state index contributed by atoms with van der Waals surface area (Å²) >= 11 is 0. The van der Waals surface area contributed by atoms with E-state index in [9.17, 15) is 5.11 Å². The predicted molar refractivity (Wildman–Crippen MR) is 64.6 cm³/mol. The largest absolute Gasteiger partial charge is 0.381 e. The highest BCUT2D eigenvalue weighted by Gasteiger charge is 2.37. The van der Waals surface area contributed by atoms with Gasteiger partial charge in [-0.2, -0.15) is 0 Å². The van der Waals surface area contributed by atoms with E-state index in [1.165, 1.54) is 5.56 Å². The molecule has 0 saturated heterocycles. The molecule has 0 spiro atoms. The average molecular weight is 219 g/mol. The normalized spacial score (nSPS) is 22.0. The molecule has 1 aromatic rings. The Hall–Kier alpha value is -1.32. The highest BCUT2D eigenvalue weighted by atomic mass is 16.5. The minimum absolute atomic E-state index is 0.0673. The van der Waals surface area contributed by atoms with Crippen molar-refractivity contribution in [2.24, 2.45) is 0 Å². The summed E-state index contributed by atoms with van der Waals surface area (Å²) in [6.07, 6.45) is 2.35. The molecule has 0 fully saturated rings. The summed E-state index contributed by atoms with van der Waals surface area (Å²) in [6.45, 7) is 3.94. The van der Waals surface area contributed by atoms with Gasteiger partial charge in [-0.05, 0) is 18.1 Å². The van der Waals surface area contributed by atoms with Gasteiger partial charge >= 0.3 is 0 Å². The first-order chi connectivity index (χ1) is 7.69. The summed E-state index contributed by atoms with van der Waals surface area (Å²) in [5.74, 6) is 0. The number of rotatable bonds is 4. The monoisotopic (exact) mass is 219 g/mol. The van der Waals surface area contributed by atoms with E-state index in [1.54, 1.807) is 13.2 Å². The summed E-state index contributed by atoms with van der Waals surface area (Å²) < 4.78 is 5.05. The Bertz CT molecular complexity index is 366. The topological polar surface area (TPSA) is 41.5 Å².